The quantitative estimate of drug-likeness (QED) is 0.575. The minimum atomic E-state index is -0.850. The highest BCUT2D eigenvalue weighted by Gasteiger charge is 2.29. The molecule has 1 rings (SSSR count). The third kappa shape index (κ3) is 6.60. The number of ether oxygens (including phenoxy) is 2. The van der Waals surface area contributed by atoms with Crippen LogP contribution in [0.1, 0.15) is 45.4 Å². The summed E-state index contributed by atoms with van der Waals surface area (Å²) in [4.78, 5) is 47.0. The Hall–Kier alpha value is -1.37. The van der Waals surface area contributed by atoms with Crippen molar-refractivity contribution in [3.05, 3.63) is 0 Å². The number of carbonyl (C=O) groups is 4. The first-order valence-corrected chi connectivity index (χ1v) is 8.44. The second-order valence-electron chi connectivity index (χ2n) is 5.27. The van der Waals surface area contributed by atoms with E-state index in [1.54, 1.807) is 6.92 Å². The average molecular weight is 330 g/mol. The van der Waals surface area contributed by atoms with Gasteiger partial charge in [-0.05, 0) is 26.2 Å². The van der Waals surface area contributed by atoms with Gasteiger partial charge in [0, 0.05) is 12.8 Å². The Balaban J connectivity index is 2.75. The Kier molecular flexibility index (Phi) is 8.16. The lowest BCUT2D eigenvalue weighted by Crippen LogP contribution is -2.30. The topological polar surface area (TPSA) is 86.7 Å². The number of thioether (sulfide) groups is 1. The Labute approximate surface area is 134 Å². The average Bonchev–Trinajstić information content (AvgIpc) is 2.48. The fourth-order valence-corrected chi connectivity index (χ4v) is 3.00. The molecule has 0 bridgehead atoms. The molecular formula is C15H22O6S. The summed E-state index contributed by atoms with van der Waals surface area (Å²) in [5, 5.41) is -0.850. The van der Waals surface area contributed by atoms with Crippen LogP contribution in [0.25, 0.3) is 0 Å². The standard InChI is InChI=1S/C15H22O6S/c1-10-6-4-3-5-7-11(16)12(17)8-13(15(19)21-10)22-9-14(18)20-2/h10,13H,3-9H2,1-2H3. The van der Waals surface area contributed by atoms with Crippen molar-refractivity contribution < 1.29 is 28.7 Å². The van der Waals surface area contributed by atoms with Crippen LogP contribution in [-0.4, -0.2) is 47.7 Å². The lowest BCUT2D eigenvalue weighted by molar-refractivity contribution is -0.149. The molecule has 1 saturated heterocycles. The molecule has 7 heteroatoms. The molecule has 0 aromatic rings. The Morgan fingerprint density at radius 1 is 1.23 bits per heavy atom. The van der Waals surface area contributed by atoms with E-state index < -0.39 is 28.8 Å². The first-order valence-electron chi connectivity index (χ1n) is 7.39. The maximum absolute atomic E-state index is 12.1. The summed E-state index contributed by atoms with van der Waals surface area (Å²) in [5.41, 5.74) is 0. The van der Waals surface area contributed by atoms with E-state index >= 15 is 0 Å². The van der Waals surface area contributed by atoms with E-state index in [4.69, 9.17) is 4.74 Å². The monoisotopic (exact) mass is 330 g/mol. The summed E-state index contributed by atoms with van der Waals surface area (Å²) < 4.78 is 9.83. The van der Waals surface area contributed by atoms with Gasteiger partial charge in [-0.15, -0.1) is 11.8 Å². The molecule has 2 unspecified atom stereocenters. The van der Waals surface area contributed by atoms with Crippen LogP contribution in [0.5, 0.6) is 0 Å². The third-order valence-corrected chi connectivity index (χ3v) is 4.57. The Morgan fingerprint density at radius 2 is 1.95 bits per heavy atom. The number of ketones is 2. The number of rotatable bonds is 3. The summed E-state index contributed by atoms with van der Waals surface area (Å²) in [6.45, 7) is 1.80. The van der Waals surface area contributed by atoms with Crippen molar-refractivity contribution in [2.75, 3.05) is 12.9 Å². The molecule has 0 N–H and O–H groups in total. The van der Waals surface area contributed by atoms with Crippen LogP contribution in [0, 0.1) is 0 Å². The maximum atomic E-state index is 12.1. The van der Waals surface area contributed by atoms with Gasteiger partial charge in [0.2, 0.25) is 0 Å². The van der Waals surface area contributed by atoms with Crippen LogP contribution >= 0.6 is 11.8 Å². The molecule has 0 aromatic heterocycles. The largest absolute Gasteiger partial charge is 0.468 e. The predicted octanol–water partition coefficient (Wildman–Crippen LogP) is 1.69. The smallest absolute Gasteiger partial charge is 0.319 e. The summed E-state index contributed by atoms with van der Waals surface area (Å²) in [5.74, 6) is -2.14. The van der Waals surface area contributed by atoms with E-state index in [1.807, 2.05) is 0 Å². The van der Waals surface area contributed by atoms with Crippen molar-refractivity contribution in [1.29, 1.82) is 0 Å². The second kappa shape index (κ2) is 9.61. The molecule has 2 atom stereocenters. The minimum Gasteiger partial charge on any atom is -0.468 e. The fraction of sp³-hybridized carbons (Fsp3) is 0.733. The molecule has 0 amide bonds. The molecule has 22 heavy (non-hydrogen) atoms. The molecule has 0 aliphatic carbocycles. The van der Waals surface area contributed by atoms with Gasteiger partial charge in [-0.3, -0.25) is 19.2 Å². The highest BCUT2D eigenvalue weighted by Crippen LogP contribution is 2.21. The Bertz CT molecular complexity index is 434. The van der Waals surface area contributed by atoms with Crippen LogP contribution in [0.15, 0.2) is 0 Å². The first-order chi connectivity index (χ1) is 10.4. The summed E-state index contributed by atoms with van der Waals surface area (Å²) in [6, 6.07) is 0. The zero-order valence-electron chi connectivity index (χ0n) is 13.0. The fourth-order valence-electron chi connectivity index (χ4n) is 2.09. The molecule has 0 saturated carbocycles. The van der Waals surface area contributed by atoms with Gasteiger partial charge >= 0.3 is 11.9 Å². The zero-order valence-corrected chi connectivity index (χ0v) is 13.8. The normalized spacial score (nSPS) is 24.9. The number of hydrogen-bond donors (Lipinski definition) is 0. The molecule has 6 nitrogen and oxygen atoms in total. The van der Waals surface area contributed by atoms with Gasteiger partial charge in [0.05, 0.1) is 19.0 Å². The molecule has 124 valence electrons. The molecule has 1 fully saturated rings. The van der Waals surface area contributed by atoms with Crippen LogP contribution < -0.4 is 0 Å². The van der Waals surface area contributed by atoms with E-state index in [0.717, 1.165) is 31.0 Å². The van der Waals surface area contributed by atoms with Gasteiger partial charge in [0.25, 0.3) is 0 Å². The Morgan fingerprint density at radius 3 is 2.64 bits per heavy atom. The SMILES string of the molecule is COC(=O)CSC1CC(=O)C(=O)CCCCCC(C)OC1=O. The number of methoxy groups -OCH3 is 1. The van der Waals surface area contributed by atoms with Crippen molar-refractivity contribution in [3.63, 3.8) is 0 Å². The van der Waals surface area contributed by atoms with E-state index in [2.05, 4.69) is 4.74 Å². The van der Waals surface area contributed by atoms with E-state index in [9.17, 15) is 19.2 Å². The van der Waals surface area contributed by atoms with Crippen LogP contribution in [-0.2, 0) is 28.7 Å². The summed E-state index contributed by atoms with van der Waals surface area (Å²) in [6.07, 6.45) is 2.83. The zero-order chi connectivity index (χ0) is 16.5. The van der Waals surface area contributed by atoms with Gasteiger partial charge in [-0.25, -0.2) is 0 Å². The number of Topliss-reactive ketones (excluding diaryl/α,β-unsaturated/α-hetero) is 2. The molecule has 1 aliphatic heterocycles. The highest BCUT2D eigenvalue weighted by atomic mass is 32.2. The van der Waals surface area contributed by atoms with E-state index in [1.165, 1.54) is 7.11 Å². The van der Waals surface area contributed by atoms with Crippen LogP contribution in [0.3, 0.4) is 0 Å². The van der Waals surface area contributed by atoms with Crippen LogP contribution in [0.2, 0.25) is 0 Å². The molecule has 1 heterocycles. The van der Waals surface area contributed by atoms with E-state index in [0.29, 0.717) is 6.42 Å². The third-order valence-electron chi connectivity index (χ3n) is 3.41. The highest BCUT2D eigenvalue weighted by molar-refractivity contribution is 8.01. The van der Waals surface area contributed by atoms with Crippen molar-refractivity contribution in [1.82, 2.24) is 0 Å². The van der Waals surface area contributed by atoms with E-state index in [-0.39, 0.29) is 24.7 Å². The molecule has 0 aromatic carbocycles. The molecular weight excluding hydrogens is 308 g/mol. The number of carbonyl (C=O) groups excluding carboxylic acids is 4. The van der Waals surface area contributed by atoms with Crippen molar-refractivity contribution in [2.24, 2.45) is 0 Å². The van der Waals surface area contributed by atoms with Gasteiger partial charge < -0.3 is 9.47 Å². The number of hydrogen-bond acceptors (Lipinski definition) is 7. The van der Waals surface area contributed by atoms with Gasteiger partial charge in [-0.1, -0.05) is 6.42 Å². The van der Waals surface area contributed by atoms with Crippen molar-refractivity contribution >= 4 is 35.3 Å². The minimum absolute atomic E-state index is 0.0634. The van der Waals surface area contributed by atoms with Crippen molar-refractivity contribution in [3.8, 4) is 0 Å². The second-order valence-corrected chi connectivity index (χ2v) is 6.46. The molecule has 0 spiro atoms. The van der Waals surface area contributed by atoms with Gasteiger partial charge in [0.1, 0.15) is 5.25 Å². The number of esters is 2. The summed E-state index contributed by atoms with van der Waals surface area (Å²) >= 11 is 0.975. The molecule has 0 radical (unpaired) electrons. The van der Waals surface area contributed by atoms with Gasteiger partial charge in [-0.2, -0.15) is 0 Å². The summed E-state index contributed by atoms with van der Waals surface area (Å²) in [7, 11) is 1.25. The van der Waals surface area contributed by atoms with Crippen molar-refractivity contribution in [2.45, 2.75) is 56.8 Å². The lowest BCUT2D eigenvalue weighted by Gasteiger charge is -2.19. The lowest BCUT2D eigenvalue weighted by atomic mass is 10.0. The molecule has 1 aliphatic rings. The maximum Gasteiger partial charge on any atom is 0.319 e. The van der Waals surface area contributed by atoms with Gasteiger partial charge in [0.15, 0.2) is 11.6 Å². The predicted molar refractivity (Wildman–Crippen MR) is 81.5 cm³/mol. The van der Waals surface area contributed by atoms with Crippen LogP contribution in [0.4, 0.5) is 0 Å². The first kappa shape index (κ1) is 18.7. The number of cyclic esters (lactones) is 1.